The second-order valence-electron chi connectivity index (χ2n) is 2.63. The zero-order valence-electron chi connectivity index (χ0n) is 7.98. The van der Waals surface area contributed by atoms with Gasteiger partial charge in [0.2, 0.25) is 0 Å². The van der Waals surface area contributed by atoms with Crippen LogP contribution in [0.25, 0.3) is 0 Å². The van der Waals surface area contributed by atoms with Gasteiger partial charge in [-0.1, -0.05) is 12.0 Å². The zero-order chi connectivity index (χ0) is 11.3. The number of carbonyl (C=O) groups is 2. The summed E-state index contributed by atoms with van der Waals surface area (Å²) in [5, 5.41) is 8.69. The van der Waals surface area contributed by atoms with Crippen LogP contribution in [0.1, 0.15) is 15.9 Å². The summed E-state index contributed by atoms with van der Waals surface area (Å²) in [6.07, 6.45) is 0. The predicted molar refractivity (Wildman–Crippen MR) is 52.3 cm³/mol. The third-order valence-corrected chi connectivity index (χ3v) is 1.60. The molecule has 1 N–H and O–H groups in total. The summed E-state index contributed by atoms with van der Waals surface area (Å²) in [6.45, 7) is 0. The van der Waals surface area contributed by atoms with Crippen LogP contribution < -0.4 is 0 Å². The molecule has 0 unspecified atom stereocenters. The molecule has 0 aliphatic carbocycles. The molecule has 15 heavy (non-hydrogen) atoms. The summed E-state index contributed by atoms with van der Waals surface area (Å²) in [6, 6.07) is 6.01. The highest BCUT2D eigenvalue weighted by molar-refractivity contribution is 5.90. The summed E-state index contributed by atoms with van der Waals surface area (Å²) in [5.74, 6) is 3.03. The van der Waals surface area contributed by atoms with Crippen molar-refractivity contribution in [2.24, 2.45) is 0 Å². The van der Waals surface area contributed by atoms with Gasteiger partial charge in [0.15, 0.2) is 0 Å². The van der Waals surface area contributed by atoms with Crippen molar-refractivity contribution >= 4 is 11.9 Å². The zero-order valence-corrected chi connectivity index (χ0v) is 7.98. The molecule has 0 saturated carbocycles. The Hall–Kier alpha value is -2.28. The lowest BCUT2D eigenvalue weighted by Crippen LogP contribution is -1.97. The van der Waals surface area contributed by atoms with E-state index in [-0.39, 0.29) is 5.56 Å². The van der Waals surface area contributed by atoms with Crippen LogP contribution in [0, 0.1) is 11.8 Å². The number of aromatic carboxylic acids is 1. The van der Waals surface area contributed by atoms with Crippen molar-refractivity contribution in [3.8, 4) is 11.8 Å². The number of ether oxygens (including phenoxy) is 1. The lowest BCUT2D eigenvalue weighted by molar-refractivity contribution is -0.133. The van der Waals surface area contributed by atoms with E-state index in [0.717, 1.165) is 0 Å². The number of benzene rings is 1. The fourth-order valence-corrected chi connectivity index (χ4v) is 0.904. The lowest BCUT2D eigenvalue weighted by atomic mass is 10.1. The van der Waals surface area contributed by atoms with E-state index in [1.54, 1.807) is 12.1 Å². The molecule has 0 radical (unpaired) electrons. The Balaban J connectivity index is 2.95. The monoisotopic (exact) mass is 204 g/mol. The first-order chi connectivity index (χ1) is 7.13. The highest BCUT2D eigenvalue weighted by atomic mass is 16.5. The lowest BCUT2D eigenvalue weighted by Gasteiger charge is -1.94. The van der Waals surface area contributed by atoms with E-state index < -0.39 is 11.9 Å². The normalized spacial score (nSPS) is 8.60. The van der Waals surface area contributed by atoms with Crippen molar-refractivity contribution in [1.29, 1.82) is 0 Å². The second-order valence-corrected chi connectivity index (χ2v) is 2.63. The van der Waals surface area contributed by atoms with E-state index in [4.69, 9.17) is 5.11 Å². The van der Waals surface area contributed by atoms with Crippen LogP contribution in [-0.2, 0) is 9.53 Å². The Morgan fingerprint density at radius 1 is 1.40 bits per heavy atom. The maximum Gasteiger partial charge on any atom is 0.384 e. The molecule has 0 fully saturated rings. The summed E-state index contributed by atoms with van der Waals surface area (Å²) in [7, 11) is 1.23. The molecule has 0 amide bonds. The van der Waals surface area contributed by atoms with Gasteiger partial charge in [-0.05, 0) is 18.2 Å². The molecular formula is C11H8O4. The molecule has 1 aromatic rings. The molecule has 0 bridgehead atoms. The van der Waals surface area contributed by atoms with E-state index in [1.165, 1.54) is 19.2 Å². The maximum absolute atomic E-state index is 10.7. The maximum atomic E-state index is 10.7. The van der Waals surface area contributed by atoms with Gasteiger partial charge < -0.3 is 9.84 Å². The van der Waals surface area contributed by atoms with Crippen molar-refractivity contribution in [3.05, 3.63) is 35.4 Å². The first kappa shape index (κ1) is 10.8. The van der Waals surface area contributed by atoms with Crippen LogP contribution in [0.15, 0.2) is 24.3 Å². The Bertz CT molecular complexity index is 451. The van der Waals surface area contributed by atoms with E-state index in [0.29, 0.717) is 5.56 Å². The number of esters is 1. The van der Waals surface area contributed by atoms with Gasteiger partial charge in [0.1, 0.15) is 0 Å². The SMILES string of the molecule is COC(=O)C#Cc1cccc(C(=O)O)c1. The average Bonchev–Trinajstić information content (AvgIpc) is 2.26. The van der Waals surface area contributed by atoms with Gasteiger partial charge in [-0.25, -0.2) is 9.59 Å². The number of methoxy groups -OCH3 is 1. The third kappa shape index (κ3) is 3.16. The van der Waals surface area contributed by atoms with Crippen LogP contribution in [-0.4, -0.2) is 24.2 Å². The highest BCUT2D eigenvalue weighted by Gasteiger charge is 2.01. The second kappa shape index (κ2) is 4.82. The molecule has 0 saturated heterocycles. The first-order valence-electron chi connectivity index (χ1n) is 4.07. The molecule has 0 atom stereocenters. The van der Waals surface area contributed by atoms with Gasteiger partial charge in [0, 0.05) is 11.5 Å². The van der Waals surface area contributed by atoms with Crippen molar-refractivity contribution in [3.63, 3.8) is 0 Å². The Morgan fingerprint density at radius 3 is 2.73 bits per heavy atom. The predicted octanol–water partition coefficient (Wildman–Crippen LogP) is 0.909. The standard InChI is InChI=1S/C11H8O4/c1-15-10(12)6-5-8-3-2-4-9(7-8)11(13)14/h2-4,7H,1H3,(H,13,14). The smallest absolute Gasteiger partial charge is 0.384 e. The van der Waals surface area contributed by atoms with Crippen LogP contribution in [0.2, 0.25) is 0 Å². The van der Waals surface area contributed by atoms with E-state index in [2.05, 4.69) is 16.6 Å². The molecule has 0 spiro atoms. The average molecular weight is 204 g/mol. The summed E-state index contributed by atoms with van der Waals surface area (Å²) in [5.41, 5.74) is 0.590. The fraction of sp³-hybridized carbons (Fsp3) is 0.0909. The summed E-state index contributed by atoms with van der Waals surface area (Å²) >= 11 is 0. The molecule has 4 heteroatoms. The minimum Gasteiger partial charge on any atom is -0.478 e. The molecule has 0 aliphatic rings. The molecular weight excluding hydrogens is 196 g/mol. The number of rotatable bonds is 1. The van der Waals surface area contributed by atoms with Gasteiger partial charge in [-0.15, -0.1) is 0 Å². The van der Waals surface area contributed by atoms with E-state index in [9.17, 15) is 9.59 Å². The largest absolute Gasteiger partial charge is 0.478 e. The van der Waals surface area contributed by atoms with E-state index in [1.807, 2.05) is 0 Å². The molecule has 0 aromatic heterocycles. The van der Waals surface area contributed by atoms with Gasteiger partial charge in [-0.3, -0.25) is 0 Å². The first-order valence-corrected chi connectivity index (χ1v) is 4.07. The van der Waals surface area contributed by atoms with Gasteiger partial charge in [0.05, 0.1) is 12.7 Å². The molecule has 4 nitrogen and oxygen atoms in total. The van der Waals surface area contributed by atoms with Crippen LogP contribution >= 0.6 is 0 Å². The summed E-state index contributed by atoms with van der Waals surface area (Å²) < 4.78 is 4.32. The number of carboxylic acid groups (broad SMARTS) is 1. The molecule has 1 aromatic carbocycles. The van der Waals surface area contributed by atoms with Gasteiger partial charge in [-0.2, -0.15) is 0 Å². The van der Waals surface area contributed by atoms with Crippen LogP contribution in [0.5, 0.6) is 0 Å². The number of carboxylic acids is 1. The molecule has 0 aliphatic heterocycles. The molecule has 0 heterocycles. The third-order valence-electron chi connectivity index (χ3n) is 1.60. The van der Waals surface area contributed by atoms with Gasteiger partial charge in [0.25, 0.3) is 0 Å². The number of hydrogen-bond acceptors (Lipinski definition) is 3. The van der Waals surface area contributed by atoms with E-state index >= 15 is 0 Å². The summed E-state index contributed by atoms with van der Waals surface area (Å²) in [4.78, 5) is 21.3. The Morgan fingerprint density at radius 2 is 2.13 bits per heavy atom. The van der Waals surface area contributed by atoms with Crippen molar-refractivity contribution in [2.75, 3.05) is 7.11 Å². The molecule has 76 valence electrons. The van der Waals surface area contributed by atoms with Crippen molar-refractivity contribution in [2.45, 2.75) is 0 Å². The fourth-order valence-electron chi connectivity index (χ4n) is 0.904. The number of hydrogen-bond donors (Lipinski definition) is 1. The van der Waals surface area contributed by atoms with Gasteiger partial charge >= 0.3 is 11.9 Å². The van der Waals surface area contributed by atoms with Crippen molar-refractivity contribution in [1.82, 2.24) is 0 Å². The molecule has 1 rings (SSSR count). The topological polar surface area (TPSA) is 63.6 Å². The minimum atomic E-state index is -1.03. The van der Waals surface area contributed by atoms with Crippen LogP contribution in [0.4, 0.5) is 0 Å². The minimum absolute atomic E-state index is 0.131. The Kier molecular flexibility index (Phi) is 3.47. The quantitative estimate of drug-likeness (QED) is 0.545. The Labute approximate surface area is 86.5 Å². The number of carbonyl (C=O) groups excluding carboxylic acids is 1. The highest BCUT2D eigenvalue weighted by Crippen LogP contribution is 2.03. The van der Waals surface area contributed by atoms with Crippen LogP contribution in [0.3, 0.4) is 0 Å². The van der Waals surface area contributed by atoms with Crippen molar-refractivity contribution < 1.29 is 19.4 Å².